The minimum atomic E-state index is -0.174. The summed E-state index contributed by atoms with van der Waals surface area (Å²) in [5, 5.41) is 9.80. The SMILES string of the molecule is CCNC(=O)N[C@@H]1CN([C@H](C)c2nc(C(C)(C)C)no2)C[C@@H]1OC. The monoisotopic (exact) mass is 339 g/mol. The van der Waals surface area contributed by atoms with E-state index in [1.807, 2.05) is 13.8 Å². The van der Waals surface area contributed by atoms with Gasteiger partial charge in [-0.05, 0) is 13.8 Å². The van der Waals surface area contributed by atoms with E-state index in [2.05, 4.69) is 46.4 Å². The Morgan fingerprint density at radius 3 is 2.71 bits per heavy atom. The number of carbonyl (C=O) groups excluding carboxylic acids is 1. The molecule has 0 aliphatic carbocycles. The van der Waals surface area contributed by atoms with Crippen LogP contribution in [0.4, 0.5) is 4.79 Å². The first kappa shape index (κ1) is 18.7. The number of amides is 2. The molecule has 0 unspecified atom stereocenters. The van der Waals surface area contributed by atoms with E-state index in [1.54, 1.807) is 7.11 Å². The lowest BCUT2D eigenvalue weighted by Gasteiger charge is -2.20. The quantitative estimate of drug-likeness (QED) is 0.843. The fourth-order valence-corrected chi connectivity index (χ4v) is 2.74. The predicted molar refractivity (Wildman–Crippen MR) is 89.8 cm³/mol. The molecule has 0 radical (unpaired) electrons. The molecule has 0 saturated carbocycles. The number of nitrogens with zero attached hydrogens (tertiary/aromatic N) is 3. The normalized spacial score (nSPS) is 23.2. The van der Waals surface area contributed by atoms with Crippen LogP contribution in [0.3, 0.4) is 0 Å². The van der Waals surface area contributed by atoms with Gasteiger partial charge in [0.1, 0.15) is 0 Å². The van der Waals surface area contributed by atoms with E-state index in [-0.39, 0.29) is 29.6 Å². The molecule has 1 saturated heterocycles. The lowest BCUT2D eigenvalue weighted by atomic mass is 9.96. The van der Waals surface area contributed by atoms with Gasteiger partial charge in [0.15, 0.2) is 5.82 Å². The Bertz CT molecular complexity index is 554. The summed E-state index contributed by atoms with van der Waals surface area (Å²) in [6, 6.07) is -0.284. The van der Waals surface area contributed by atoms with Crippen LogP contribution in [0.1, 0.15) is 52.4 Å². The number of urea groups is 1. The lowest BCUT2D eigenvalue weighted by Crippen LogP contribution is -2.48. The zero-order chi connectivity index (χ0) is 17.9. The number of ether oxygens (including phenoxy) is 1. The van der Waals surface area contributed by atoms with Gasteiger partial charge in [0, 0.05) is 32.2 Å². The molecular formula is C16H29N5O3. The highest BCUT2D eigenvalue weighted by atomic mass is 16.5. The van der Waals surface area contributed by atoms with Gasteiger partial charge >= 0.3 is 6.03 Å². The van der Waals surface area contributed by atoms with Crippen molar-refractivity contribution >= 4 is 6.03 Å². The van der Waals surface area contributed by atoms with Gasteiger partial charge in [0.05, 0.1) is 18.2 Å². The van der Waals surface area contributed by atoms with E-state index in [0.717, 1.165) is 0 Å². The van der Waals surface area contributed by atoms with Gasteiger partial charge in [-0.3, -0.25) is 4.90 Å². The summed E-state index contributed by atoms with van der Waals surface area (Å²) >= 11 is 0. The second kappa shape index (κ2) is 7.48. The zero-order valence-corrected chi connectivity index (χ0v) is 15.4. The molecule has 136 valence electrons. The van der Waals surface area contributed by atoms with Gasteiger partial charge in [0.25, 0.3) is 0 Å². The highest BCUT2D eigenvalue weighted by Crippen LogP contribution is 2.27. The Kier molecular flexibility index (Phi) is 5.82. The second-order valence-corrected chi connectivity index (χ2v) is 7.22. The average Bonchev–Trinajstić information content (AvgIpc) is 3.13. The maximum absolute atomic E-state index is 11.8. The fraction of sp³-hybridized carbons (Fsp3) is 0.812. The van der Waals surface area contributed by atoms with Crippen molar-refractivity contribution in [2.45, 2.75) is 58.2 Å². The van der Waals surface area contributed by atoms with Crippen molar-refractivity contribution in [1.29, 1.82) is 0 Å². The number of aromatic nitrogens is 2. The smallest absolute Gasteiger partial charge is 0.315 e. The first-order valence-corrected chi connectivity index (χ1v) is 8.41. The summed E-state index contributed by atoms with van der Waals surface area (Å²) in [6.07, 6.45) is -0.0694. The van der Waals surface area contributed by atoms with Gasteiger partial charge in [0.2, 0.25) is 5.89 Å². The molecule has 8 nitrogen and oxygen atoms in total. The Labute approximate surface area is 143 Å². The molecule has 2 N–H and O–H groups in total. The van der Waals surface area contributed by atoms with Crippen molar-refractivity contribution in [3.8, 4) is 0 Å². The Morgan fingerprint density at radius 1 is 1.46 bits per heavy atom. The van der Waals surface area contributed by atoms with Crippen LogP contribution in [0.2, 0.25) is 0 Å². The van der Waals surface area contributed by atoms with Crippen molar-refractivity contribution in [1.82, 2.24) is 25.7 Å². The predicted octanol–water partition coefficient (Wildman–Crippen LogP) is 1.45. The zero-order valence-electron chi connectivity index (χ0n) is 15.4. The standard InChI is InChI=1S/C16H29N5O3/c1-7-17-15(22)18-11-8-21(9-12(11)23-6)10(2)13-19-14(20-24-13)16(3,4)5/h10-12H,7-9H2,1-6H3,(H2,17,18,22)/t10-,11-,12+/m1/s1. The molecule has 3 atom stereocenters. The maximum Gasteiger partial charge on any atom is 0.315 e. The molecule has 1 aromatic heterocycles. The van der Waals surface area contributed by atoms with Crippen LogP contribution in [0.5, 0.6) is 0 Å². The molecule has 0 spiro atoms. The number of nitrogens with one attached hydrogen (secondary N) is 2. The molecule has 0 aromatic carbocycles. The molecule has 1 fully saturated rings. The highest BCUT2D eigenvalue weighted by Gasteiger charge is 2.38. The summed E-state index contributed by atoms with van der Waals surface area (Å²) in [7, 11) is 1.66. The van der Waals surface area contributed by atoms with Gasteiger partial charge in [-0.25, -0.2) is 4.79 Å². The molecule has 2 amide bonds. The number of hydrogen-bond acceptors (Lipinski definition) is 6. The molecule has 1 aliphatic rings. The van der Waals surface area contributed by atoms with Crippen molar-refractivity contribution < 1.29 is 14.1 Å². The van der Waals surface area contributed by atoms with Crippen molar-refractivity contribution in [3.63, 3.8) is 0 Å². The van der Waals surface area contributed by atoms with Crippen molar-refractivity contribution in [2.24, 2.45) is 0 Å². The molecule has 2 rings (SSSR count). The average molecular weight is 339 g/mol. The van der Waals surface area contributed by atoms with E-state index in [1.165, 1.54) is 0 Å². The summed E-state index contributed by atoms with van der Waals surface area (Å²) in [4.78, 5) is 18.5. The van der Waals surface area contributed by atoms with Crippen molar-refractivity contribution in [3.05, 3.63) is 11.7 Å². The van der Waals surface area contributed by atoms with Crippen LogP contribution < -0.4 is 10.6 Å². The summed E-state index contributed by atoms with van der Waals surface area (Å²) < 4.78 is 11.0. The number of rotatable bonds is 5. The molecule has 0 bridgehead atoms. The van der Waals surface area contributed by atoms with E-state index in [4.69, 9.17) is 9.26 Å². The number of methoxy groups -OCH3 is 1. The Hall–Kier alpha value is -1.67. The lowest BCUT2D eigenvalue weighted by molar-refractivity contribution is 0.0861. The number of carbonyl (C=O) groups is 1. The molecule has 1 aliphatic heterocycles. The van der Waals surface area contributed by atoms with Gasteiger partial charge in [-0.2, -0.15) is 4.98 Å². The molecule has 2 heterocycles. The second-order valence-electron chi connectivity index (χ2n) is 7.22. The van der Waals surface area contributed by atoms with E-state index < -0.39 is 0 Å². The third kappa shape index (κ3) is 4.24. The van der Waals surface area contributed by atoms with Crippen LogP contribution >= 0.6 is 0 Å². The third-order valence-electron chi connectivity index (χ3n) is 4.27. The molecular weight excluding hydrogens is 310 g/mol. The Morgan fingerprint density at radius 2 is 2.17 bits per heavy atom. The van der Waals surface area contributed by atoms with Crippen LogP contribution in [-0.2, 0) is 10.2 Å². The summed E-state index contributed by atoms with van der Waals surface area (Å²) in [5.74, 6) is 1.29. The van der Waals surface area contributed by atoms with Gasteiger partial charge in [-0.15, -0.1) is 0 Å². The third-order valence-corrected chi connectivity index (χ3v) is 4.27. The van der Waals surface area contributed by atoms with Crippen LogP contribution in [-0.4, -0.2) is 60.0 Å². The Balaban J connectivity index is 2.04. The van der Waals surface area contributed by atoms with Gasteiger partial charge in [-0.1, -0.05) is 25.9 Å². The largest absolute Gasteiger partial charge is 0.378 e. The molecule has 24 heavy (non-hydrogen) atoms. The minimum Gasteiger partial charge on any atom is -0.378 e. The first-order valence-electron chi connectivity index (χ1n) is 8.41. The van der Waals surface area contributed by atoms with Crippen LogP contribution in [0, 0.1) is 0 Å². The fourth-order valence-electron chi connectivity index (χ4n) is 2.74. The topological polar surface area (TPSA) is 92.5 Å². The number of hydrogen-bond donors (Lipinski definition) is 2. The molecule has 1 aromatic rings. The maximum atomic E-state index is 11.8. The number of likely N-dealkylation sites (tertiary alicyclic amines) is 1. The van der Waals surface area contributed by atoms with E-state index >= 15 is 0 Å². The van der Waals surface area contributed by atoms with E-state index in [9.17, 15) is 4.79 Å². The van der Waals surface area contributed by atoms with Crippen molar-refractivity contribution in [2.75, 3.05) is 26.7 Å². The summed E-state index contributed by atoms with van der Waals surface area (Å²) in [6.45, 7) is 12.0. The highest BCUT2D eigenvalue weighted by molar-refractivity contribution is 5.74. The van der Waals surface area contributed by atoms with E-state index in [0.29, 0.717) is 31.3 Å². The summed E-state index contributed by atoms with van der Waals surface area (Å²) in [5.41, 5.74) is -0.149. The molecule has 8 heteroatoms. The van der Waals surface area contributed by atoms with Gasteiger partial charge < -0.3 is 19.9 Å². The van der Waals surface area contributed by atoms with Crippen LogP contribution in [0.15, 0.2) is 4.52 Å². The first-order chi connectivity index (χ1) is 11.3. The minimum absolute atomic E-state index is 0.0349. The van der Waals surface area contributed by atoms with Crippen LogP contribution in [0.25, 0.3) is 0 Å².